The number of aromatic nitrogens is 1. The Morgan fingerprint density at radius 3 is 1.72 bits per heavy atom. The number of hydrogen-bond acceptors (Lipinski definition) is 2. The second-order valence-electron chi connectivity index (χ2n) is 14.3. The molecule has 47 heavy (non-hydrogen) atoms. The Balaban J connectivity index is 1.35. The topological polar surface area (TPSA) is 26.0 Å². The second kappa shape index (κ2) is 9.08. The molecule has 224 valence electrons. The molecule has 0 radical (unpaired) electrons. The quantitative estimate of drug-likeness (QED) is 0.184. The van der Waals surface area contributed by atoms with Gasteiger partial charge in [-0.3, -0.25) is 0 Å². The first kappa shape index (κ1) is 26.7. The van der Waals surface area contributed by atoms with E-state index < -0.39 is 0 Å². The van der Waals surface area contributed by atoms with E-state index in [0.717, 1.165) is 22.0 Å². The van der Waals surface area contributed by atoms with E-state index in [9.17, 15) is 0 Å². The molecule has 0 aliphatic heterocycles. The van der Waals surface area contributed by atoms with Crippen LogP contribution in [-0.2, 0) is 10.8 Å². The van der Waals surface area contributed by atoms with Crippen molar-refractivity contribution in [1.82, 2.24) is 4.98 Å². The van der Waals surface area contributed by atoms with Gasteiger partial charge in [0.1, 0.15) is 5.52 Å². The molecule has 2 aliphatic rings. The molecule has 8 aromatic rings. The van der Waals surface area contributed by atoms with Gasteiger partial charge in [0.05, 0.1) is 5.56 Å². The highest BCUT2D eigenvalue weighted by atomic mass is 16.3. The van der Waals surface area contributed by atoms with Gasteiger partial charge in [-0.2, -0.15) is 0 Å². The molecule has 0 fully saturated rings. The lowest BCUT2D eigenvalue weighted by molar-refractivity contribution is 0.621. The molecule has 2 heteroatoms. The minimum Gasteiger partial charge on any atom is -0.436 e. The lowest BCUT2D eigenvalue weighted by Crippen LogP contribution is -2.15. The van der Waals surface area contributed by atoms with Gasteiger partial charge in [0, 0.05) is 10.8 Å². The van der Waals surface area contributed by atoms with Crippen LogP contribution in [0, 0.1) is 0 Å². The molecular weight excluding hydrogens is 571 g/mol. The number of nitrogens with zero attached hydrogens (tertiary/aromatic N) is 1. The van der Waals surface area contributed by atoms with E-state index >= 15 is 0 Å². The lowest BCUT2D eigenvalue weighted by atomic mass is 9.79. The van der Waals surface area contributed by atoms with Crippen LogP contribution in [0.15, 0.2) is 132 Å². The molecule has 10 rings (SSSR count). The first-order valence-corrected chi connectivity index (χ1v) is 16.6. The first-order chi connectivity index (χ1) is 22.8. The van der Waals surface area contributed by atoms with Crippen LogP contribution in [0.2, 0.25) is 0 Å². The van der Waals surface area contributed by atoms with E-state index in [1.54, 1.807) is 0 Å². The molecule has 0 atom stereocenters. The summed E-state index contributed by atoms with van der Waals surface area (Å²) in [6.07, 6.45) is 0. The van der Waals surface area contributed by atoms with Crippen LogP contribution < -0.4 is 0 Å². The average Bonchev–Trinajstić information content (AvgIpc) is 3.69. The molecule has 0 bridgehead atoms. The highest BCUT2D eigenvalue weighted by Gasteiger charge is 2.38. The van der Waals surface area contributed by atoms with E-state index in [0.29, 0.717) is 5.89 Å². The summed E-state index contributed by atoms with van der Waals surface area (Å²) in [6, 6.07) is 46.7. The highest BCUT2D eigenvalue weighted by Crippen LogP contribution is 2.54. The predicted molar refractivity (Wildman–Crippen MR) is 195 cm³/mol. The summed E-state index contributed by atoms with van der Waals surface area (Å²) in [5, 5.41) is 4.75. The Hall–Kier alpha value is -5.47. The molecule has 0 spiro atoms. The number of oxazole rings is 1. The monoisotopic (exact) mass is 603 g/mol. The molecule has 7 aromatic carbocycles. The summed E-state index contributed by atoms with van der Waals surface area (Å²) < 4.78 is 6.56. The molecule has 0 saturated heterocycles. The smallest absolute Gasteiger partial charge is 0.228 e. The summed E-state index contributed by atoms with van der Waals surface area (Å²) in [4.78, 5) is 5.07. The van der Waals surface area contributed by atoms with Crippen LogP contribution in [0.1, 0.15) is 49.9 Å². The Morgan fingerprint density at radius 2 is 1.00 bits per heavy atom. The fourth-order valence-electron chi connectivity index (χ4n) is 8.75. The van der Waals surface area contributed by atoms with E-state index in [2.05, 4.69) is 131 Å². The van der Waals surface area contributed by atoms with E-state index in [1.807, 2.05) is 24.3 Å². The second-order valence-corrected chi connectivity index (χ2v) is 14.3. The van der Waals surface area contributed by atoms with Crippen LogP contribution in [0.5, 0.6) is 0 Å². The van der Waals surface area contributed by atoms with Gasteiger partial charge in [-0.15, -0.1) is 0 Å². The normalized spacial score (nSPS) is 15.1. The molecule has 1 aromatic heterocycles. The van der Waals surface area contributed by atoms with Crippen molar-refractivity contribution < 1.29 is 4.42 Å². The maximum atomic E-state index is 6.56. The van der Waals surface area contributed by atoms with Crippen molar-refractivity contribution in [3.05, 3.63) is 150 Å². The van der Waals surface area contributed by atoms with Gasteiger partial charge in [-0.05, 0) is 108 Å². The van der Waals surface area contributed by atoms with Crippen LogP contribution in [0.25, 0.3) is 77.5 Å². The van der Waals surface area contributed by atoms with E-state index in [-0.39, 0.29) is 10.8 Å². The zero-order valence-electron chi connectivity index (χ0n) is 27.0. The van der Waals surface area contributed by atoms with Crippen LogP contribution in [0.3, 0.4) is 0 Å². The number of hydrogen-bond donors (Lipinski definition) is 0. The van der Waals surface area contributed by atoms with Gasteiger partial charge in [0.15, 0.2) is 5.58 Å². The van der Waals surface area contributed by atoms with Gasteiger partial charge < -0.3 is 4.42 Å². The Labute approximate surface area is 274 Å². The Kier molecular flexibility index (Phi) is 5.16. The number of benzene rings is 7. The maximum Gasteiger partial charge on any atom is 0.228 e. The zero-order valence-corrected chi connectivity index (χ0v) is 27.0. The predicted octanol–water partition coefficient (Wildman–Crippen LogP) is 12.1. The zero-order chi connectivity index (χ0) is 31.7. The fraction of sp³-hybridized carbons (Fsp3) is 0.133. The summed E-state index contributed by atoms with van der Waals surface area (Å²) in [5.41, 5.74) is 15.8. The van der Waals surface area contributed by atoms with Crippen LogP contribution in [-0.4, -0.2) is 4.98 Å². The molecular formula is C45H33NO. The molecule has 0 unspecified atom stereocenters. The van der Waals surface area contributed by atoms with Crippen molar-refractivity contribution >= 4 is 32.6 Å². The number of para-hydroxylation sites is 2. The molecule has 1 heterocycles. The van der Waals surface area contributed by atoms with Gasteiger partial charge in [0.25, 0.3) is 0 Å². The van der Waals surface area contributed by atoms with Crippen molar-refractivity contribution in [3.8, 4) is 44.8 Å². The van der Waals surface area contributed by atoms with Crippen molar-refractivity contribution in [2.45, 2.75) is 38.5 Å². The van der Waals surface area contributed by atoms with Gasteiger partial charge in [-0.25, -0.2) is 4.98 Å². The van der Waals surface area contributed by atoms with Gasteiger partial charge in [0.2, 0.25) is 5.89 Å². The third-order valence-corrected chi connectivity index (χ3v) is 11.1. The Bertz CT molecular complexity index is 2600. The van der Waals surface area contributed by atoms with Crippen molar-refractivity contribution in [2.75, 3.05) is 0 Å². The molecule has 2 aliphatic carbocycles. The molecule has 2 nitrogen and oxygen atoms in total. The SMILES string of the molecule is CC1(C)c2ccccc2-c2ccc(-c3c4ccccc4c(-c4nc5ccccc5o4)c4cc5c(cc34)C(C)(C)c3ccccc3-5)cc21. The first-order valence-electron chi connectivity index (χ1n) is 16.6. The van der Waals surface area contributed by atoms with E-state index in [1.165, 1.54) is 71.8 Å². The fourth-order valence-corrected chi connectivity index (χ4v) is 8.75. The third kappa shape index (κ3) is 3.48. The highest BCUT2D eigenvalue weighted by molar-refractivity contribution is 6.22. The largest absolute Gasteiger partial charge is 0.436 e. The van der Waals surface area contributed by atoms with Crippen LogP contribution in [0.4, 0.5) is 0 Å². The summed E-state index contributed by atoms with van der Waals surface area (Å²) in [7, 11) is 0. The summed E-state index contributed by atoms with van der Waals surface area (Å²) in [6.45, 7) is 9.45. The van der Waals surface area contributed by atoms with Crippen molar-refractivity contribution in [2.24, 2.45) is 0 Å². The molecule has 0 saturated carbocycles. The van der Waals surface area contributed by atoms with Crippen molar-refractivity contribution in [1.29, 1.82) is 0 Å². The van der Waals surface area contributed by atoms with Gasteiger partial charge >= 0.3 is 0 Å². The average molecular weight is 604 g/mol. The minimum absolute atomic E-state index is 0.0867. The number of fused-ring (bicyclic) bond motifs is 9. The standard InChI is InChI=1S/C45H33NO/c1-44(2)35-17-9-7-13-27(35)29-22-21-26(23-37(29)44)41-30-15-5-6-16-31(30)42(43-46-39-19-11-12-20-40(39)47-43)33-24-32-28-14-8-10-18-36(28)45(3,4)38(32)25-34(33)41/h5-25H,1-4H3. The molecule has 0 amide bonds. The Morgan fingerprint density at radius 1 is 0.447 bits per heavy atom. The third-order valence-electron chi connectivity index (χ3n) is 11.1. The van der Waals surface area contributed by atoms with E-state index in [4.69, 9.17) is 9.40 Å². The maximum absolute atomic E-state index is 6.56. The lowest BCUT2D eigenvalue weighted by Gasteiger charge is -2.24. The minimum atomic E-state index is -0.123. The van der Waals surface area contributed by atoms with Crippen LogP contribution >= 0.6 is 0 Å². The van der Waals surface area contributed by atoms with Gasteiger partial charge in [-0.1, -0.05) is 125 Å². The van der Waals surface area contributed by atoms with Crippen molar-refractivity contribution in [3.63, 3.8) is 0 Å². The number of rotatable bonds is 2. The molecule has 0 N–H and O–H groups in total. The summed E-state index contributed by atoms with van der Waals surface area (Å²) >= 11 is 0. The summed E-state index contributed by atoms with van der Waals surface area (Å²) in [5.74, 6) is 0.662.